The third-order valence-electron chi connectivity index (χ3n) is 5.38. The van der Waals surface area contributed by atoms with Gasteiger partial charge in [0.25, 0.3) is 0 Å². The summed E-state index contributed by atoms with van der Waals surface area (Å²) in [5.41, 5.74) is 7.68. The van der Waals surface area contributed by atoms with Crippen molar-refractivity contribution in [1.29, 1.82) is 0 Å². The molecule has 2 unspecified atom stereocenters. The van der Waals surface area contributed by atoms with E-state index in [2.05, 4.69) is 24.0 Å². The fraction of sp³-hybridized carbons (Fsp3) is 0.611. The zero-order valence-corrected chi connectivity index (χ0v) is 13.8. The first-order valence-electron chi connectivity index (χ1n) is 8.18. The number of carbonyl (C=O) groups is 1. The van der Waals surface area contributed by atoms with Crippen molar-refractivity contribution in [3.63, 3.8) is 0 Å². The monoisotopic (exact) mass is 302 g/mol. The molecule has 0 spiro atoms. The summed E-state index contributed by atoms with van der Waals surface area (Å²) in [6, 6.07) is 6.48. The lowest BCUT2D eigenvalue weighted by atomic mass is 9.92. The highest BCUT2D eigenvalue weighted by atomic mass is 16.5. The molecule has 120 valence electrons. The van der Waals surface area contributed by atoms with E-state index < -0.39 is 0 Å². The standard InChI is InChI=1S/C18H26N2O2/c1-12-4-5-15(9-16(12)22-3)18(6-7-18)17(21)20-11-14(10-19)8-13(20)2/h4-5,9,13-14H,6-8,10-11,19H2,1-3H3. The summed E-state index contributed by atoms with van der Waals surface area (Å²) in [4.78, 5) is 15.2. The Balaban J connectivity index is 1.86. The van der Waals surface area contributed by atoms with Crippen molar-refractivity contribution in [2.45, 2.75) is 44.6 Å². The smallest absolute Gasteiger partial charge is 0.233 e. The van der Waals surface area contributed by atoms with Crippen molar-refractivity contribution in [3.8, 4) is 5.75 Å². The number of amides is 1. The molecule has 1 heterocycles. The Labute approximate surface area is 132 Å². The quantitative estimate of drug-likeness (QED) is 0.928. The maximum absolute atomic E-state index is 13.1. The van der Waals surface area contributed by atoms with Gasteiger partial charge in [-0.3, -0.25) is 4.79 Å². The molecule has 22 heavy (non-hydrogen) atoms. The van der Waals surface area contributed by atoms with Crippen LogP contribution in [0.4, 0.5) is 0 Å². The molecule has 4 nitrogen and oxygen atoms in total. The van der Waals surface area contributed by atoms with Crippen LogP contribution < -0.4 is 10.5 Å². The van der Waals surface area contributed by atoms with Crippen molar-refractivity contribution < 1.29 is 9.53 Å². The van der Waals surface area contributed by atoms with E-state index in [1.165, 1.54) is 0 Å². The first-order valence-corrected chi connectivity index (χ1v) is 8.18. The van der Waals surface area contributed by atoms with Gasteiger partial charge in [0.05, 0.1) is 12.5 Å². The van der Waals surface area contributed by atoms with E-state index in [9.17, 15) is 4.79 Å². The second-order valence-corrected chi connectivity index (χ2v) is 6.91. The van der Waals surface area contributed by atoms with Gasteiger partial charge in [-0.05, 0) is 62.8 Å². The molecule has 2 fully saturated rings. The van der Waals surface area contributed by atoms with Gasteiger partial charge in [-0.2, -0.15) is 0 Å². The number of aryl methyl sites for hydroxylation is 1. The number of hydrogen-bond donors (Lipinski definition) is 1. The molecule has 0 aromatic heterocycles. The Hall–Kier alpha value is -1.55. The molecule has 1 aromatic rings. The molecule has 1 aromatic carbocycles. The van der Waals surface area contributed by atoms with Crippen LogP contribution in [-0.4, -0.2) is 37.0 Å². The van der Waals surface area contributed by atoms with Crippen LogP contribution in [0.2, 0.25) is 0 Å². The molecule has 3 rings (SSSR count). The zero-order valence-electron chi connectivity index (χ0n) is 13.8. The molecular weight excluding hydrogens is 276 g/mol. The van der Waals surface area contributed by atoms with E-state index in [-0.39, 0.29) is 11.3 Å². The van der Waals surface area contributed by atoms with E-state index in [1.54, 1.807) is 7.11 Å². The Bertz CT molecular complexity index is 580. The molecule has 4 heteroatoms. The van der Waals surface area contributed by atoms with Gasteiger partial charge in [0.15, 0.2) is 0 Å². The number of methoxy groups -OCH3 is 1. The van der Waals surface area contributed by atoms with Crippen LogP contribution in [0.15, 0.2) is 18.2 Å². The van der Waals surface area contributed by atoms with Crippen LogP contribution in [0.5, 0.6) is 5.75 Å². The number of likely N-dealkylation sites (tertiary alicyclic amines) is 1. The highest BCUT2D eigenvalue weighted by Crippen LogP contribution is 2.51. The molecule has 0 bridgehead atoms. The molecule has 2 N–H and O–H groups in total. The maximum atomic E-state index is 13.1. The number of carbonyl (C=O) groups excluding carboxylic acids is 1. The fourth-order valence-corrected chi connectivity index (χ4v) is 3.74. The average molecular weight is 302 g/mol. The molecule has 2 atom stereocenters. The van der Waals surface area contributed by atoms with Gasteiger partial charge in [0, 0.05) is 12.6 Å². The van der Waals surface area contributed by atoms with Crippen LogP contribution in [0.25, 0.3) is 0 Å². The van der Waals surface area contributed by atoms with Crippen LogP contribution >= 0.6 is 0 Å². The summed E-state index contributed by atoms with van der Waals surface area (Å²) in [5, 5.41) is 0. The molecule has 1 amide bonds. The van der Waals surface area contributed by atoms with Crippen LogP contribution in [0.3, 0.4) is 0 Å². The fourth-order valence-electron chi connectivity index (χ4n) is 3.74. The lowest BCUT2D eigenvalue weighted by Gasteiger charge is -2.27. The van der Waals surface area contributed by atoms with Gasteiger partial charge in [-0.25, -0.2) is 0 Å². The zero-order chi connectivity index (χ0) is 15.9. The predicted molar refractivity (Wildman–Crippen MR) is 87.0 cm³/mol. The maximum Gasteiger partial charge on any atom is 0.233 e. The lowest BCUT2D eigenvalue weighted by molar-refractivity contribution is -0.134. The van der Waals surface area contributed by atoms with Gasteiger partial charge < -0.3 is 15.4 Å². The first-order chi connectivity index (χ1) is 10.5. The van der Waals surface area contributed by atoms with Gasteiger partial charge >= 0.3 is 0 Å². The second-order valence-electron chi connectivity index (χ2n) is 6.91. The van der Waals surface area contributed by atoms with Gasteiger partial charge in [0.1, 0.15) is 5.75 Å². The molecule has 1 aliphatic heterocycles. The van der Waals surface area contributed by atoms with E-state index in [1.807, 2.05) is 13.0 Å². The average Bonchev–Trinajstić information content (AvgIpc) is 3.24. The van der Waals surface area contributed by atoms with E-state index in [4.69, 9.17) is 10.5 Å². The normalized spacial score (nSPS) is 26.1. The summed E-state index contributed by atoms with van der Waals surface area (Å²) >= 11 is 0. The molecule has 2 aliphatic rings. The molecule has 1 aliphatic carbocycles. The summed E-state index contributed by atoms with van der Waals surface area (Å²) in [6.07, 6.45) is 2.90. The number of ether oxygens (including phenoxy) is 1. The van der Waals surface area contributed by atoms with Crippen molar-refractivity contribution in [2.75, 3.05) is 20.2 Å². The SMILES string of the molecule is COc1cc(C2(C(=O)N3CC(CN)CC3C)CC2)ccc1C. The highest BCUT2D eigenvalue weighted by Gasteiger charge is 2.54. The number of nitrogens with zero attached hydrogens (tertiary/aromatic N) is 1. The number of benzene rings is 1. The largest absolute Gasteiger partial charge is 0.496 e. The minimum Gasteiger partial charge on any atom is -0.496 e. The molecular formula is C18H26N2O2. The summed E-state index contributed by atoms with van der Waals surface area (Å²) in [5.74, 6) is 1.59. The Morgan fingerprint density at radius 3 is 2.73 bits per heavy atom. The number of rotatable bonds is 4. The lowest BCUT2D eigenvalue weighted by Crippen LogP contribution is -2.41. The van der Waals surface area contributed by atoms with Gasteiger partial charge in [-0.1, -0.05) is 12.1 Å². The van der Waals surface area contributed by atoms with E-state index >= 15 is 0 Å². The Morgan fingerprint density at radius 1 is 1.45 bits per heavy atom. The van der Waals surface area contributed by atoms with Crippen LogP contribution in [-0.2, 0) is 10.2 Å². The second kappa shape index (κ2) is 5.58. The predicted octanol–water partition coefficient (Wildman–Crippen LogP) is 2.23. The number of hydrogen-bond acceptors (Lipinski definition) is 3. The van der Waals surface area contributed by atoms with Crippen molar-refractivity contribution in [3.05, 3.63) is 29.3 Å². The van der Waals surface area contributed by atoms with Gasteiger partial charge in [0.2, 0.25) is 5.91 Å². The van der Waals surface area contributed by atoms with Crippen molar-refractivity contribution in [2.24, 2.45) is 11.7 Å². The Morgan fingerprint density at radius 2 is 2.18 bits per heavy atom. The van der Waals surface area contributed by atoms with Crippen LogP contribution in [0.1, 0.15) is 37.3 Å². The molecule has 1 saturated carbocycles. The van der Waals surface area contributed by atoms with Crippen molar-refractivity contribution >= 4 is 5.91 Å². The Kier molecular flexibility index (Phi) is 3.89. The third-order valence-corrected chi connectivity index (χ3v) is 5.38. The van der Waals surface area contributed by atoms with Crippen molar-refractivity contribution in [1.82, 2.24) is 4.90 Å². The van der Waals surface area contributed by atoms with Crippen LogP contribution in [0, 0.1) is 12.8 Å². The number of nitrogens with two attached hydrogens (primary N) is 1. The third kappa shape index (κ3) is 2.39. The van der Waals surface area contributed by atoms with E-state index in [0.717, 1.165) is 42.7 Å². The summed E-state index contributed by atoms with van der Waals surface area (Å²) < 4.78 is 5.43. The van der Waals surface area contributed by atoms with Gasteiger partial charge in [-0.15, -0.1) is 0 Å². The summed E-state index contributed by atoms with van der Waals surface area (Å²) in [7, 11) is 1.68. The summed E-state index contributed by atoms with van der Waals surface area (Å²) in [6.45, 7) is 5.64. The highest BCUT2D eigenvalue weighted by molar-refractivity contribution is 5.92. The topological polar surface area (TPSA) is 55.6 Å². The first kappa shape index (κ1) is 15.3. The minimum absolute atomic E-state index is 0.279. The molecule has 0 radical (unpaired) electrons. The molecule has 1 saturated heterocycles. The van der Waals surface area contributed by atoms with E-state index in [0.29, 0.717) is 18.5 Å². The minimum atomic E-state index is -0.321.